The number of aromatic amines is 1. The van der Waals surface area contributed by atoms with Crippen molar-refractivity contribution in [1.29, 1.82) is 0 Å². The summed E-state index contributed by atoms with van der Waals surface area (Å²) >= 11 is 0. The van der Waals surface area contributed by atoms with E-state index in [1.165, 1.54) is 6.07 Å². The van der Waals surface area contributed by atoms with Crippen LogP contribution in [0.1, 0.15) is 72.4 Å². The fourth-order valence-electron chi connectivity index (χ4n) is 6.70. The van der Waals surface area contributed by atoms with Gasteiger partial charge in [-0.2, -0.15) is 5.10 Å². The first-order valence-electron chi connectivity index (χ1n) is 17.8. The summed E-state index contributed by atoms with van der Waals surface area (Å²) in [5, 5.41) is 11.8. The van der Waals surface area contributed by atoms with E-state index in [1.54, 1.807) is 34.3 Å². The monoisotopic (exact) mass is 706 g/mol. The molecule has 1 aliphatic rings. The van der Waals surface area contributed by atoms with Crippen molar-refractivity contribution >= 4 is 28.6 Å². The molecule has 0 saturated heterocycles. The molecule has 3 amide bonds. The molecule has 5 aromatic rings. The Morgan fingerprint density at radius 2 is 1.73 bits per heavy atom. The number of amides is 3. The van der Waals surface area contributed by atoms with Crippen LogP contribution in [-0.4, -0.2) is 66.1 Å². The Kier molecular flexibility index (Phi) is 11.2. The van der Waals surface area contributed by atoms with Crippen LogP contribution in [0.3, 0.4) is 0 Å². The van der Waals surface area contributed by atoms with Crippen LogP contribution >= 0.6 is 0 Å². The van der Waals surface area contributed by atoms with E-state index < -0.39 is 23.4 Å². The Labute approximate surface area is 302 Å². The zero-order chi connectivity index (χ0) is 36.8. The number of hydrogen-bond acceptors (Lipinski definition) is 7. The molecule has 3 N–H and O–H groups in total. The van der Waals surface area contributed by atoms with Crippen LogP contribution in [0.2, 0.25) is 0 Å². The number of fused-ring (bicyclic) bond motifs is 2. The second-order valence-corrected chi connectivity index (χ2v) is 13.8. The van der Waals surface area contributed by atoms with E-state index in [4.69, 9.17) is 9.72 Å². The molecule has 0 unspecified atom stereocenters. The molecule has 0 saturated carbocycles. The second-order valence-electron chi connectivity index (χ2n) is 13.8. The lowest BCUT2D eigenvalue weighted by atomic mass is 10.0. The van der Waals surface area contributed by atoms with Crippen LogP contribution in [0.25, 0.3) is 10.9 Å². The van der Waals surface area contributed by atoms with E-state index in [0.717, 1.165) is 22.0 Å². The topological polar surface area (TPSA) is 156 Å². The predicted octanol–water partition coefficient (Wildman–Crippen LogP) is 4.21. The zero-order valence-corrected chi connectivity index (χ0v) is 30.1. The van der Waals surface area contributed by atoms with Gasteiger partial charge in [-0.3, -0.25) is 19.2 Å². The third-order valence-electron chi connectivity index (χ3n) is 9.26. The molecule has 6 rings (SSSR count). The van der Waals surface area contributed by atoms with E-state index in [0.29, 0.717) is 24.5 Å². The first-order valence-corrected chi connectivity index (χ1v) is 17.8. The van der Waals surface area contributed by atoms with Crippen LogP contribution < -0.4 is 20.8 Å². The number of nitrogens with one attached hydrogen (secondary N) is 3. The van der Waals surface area contributed by atoms with E-state index in [1.807, 2.05) is 60.8 Å². The third-order valence-corrected chi connectivity index (χ3v) is 9.26. The van der Waals surface area contributed by atoms with Crippen molar-refractivity contribution in [3.05, 3.63) is 112 Å². The highest BCUT2D eigenvalue weighted by Gasteiger charge is 2.30. The molecule has 0 spiro atoms. The van der Waals surface area contributed by atoms with Crippen molar-refractivity contribution in [2.75, 3.05) is 13.1 Å². The Hall–Kier alpha value is -5.72. The van der Waals surface area contributed by atoms with E-state index >= 15 is 0 Å². The highest BCUT2D eigenvalue weighted by molar-refractivity contribution is 5.95. The minimum atomic E-state index is -0.859. The van der Waals surface area contributed by atoms with E-state index in [9.17, 15) is 19.2 Å². The number of aromatic nitrogens is 5. The highest BCUT2D eigenvalue weighted by Crippen LogP contribution is 2.24. The van der Waals surface area contributed by atoms with Crippen molar-refractivity contribution < 1.29 is 19.1 Å². The van der Waals surface area contributed by atoms with Gasteiger partial charge in [0.15, 0.2) is 11.4 Å². The van der Waals surface area contributed by atoms with Gasteiger partial charge in [-0.15, -0.1) is 0 Å². The molecular weight excluding hydrogens is 660 g/mol. The number of ether oxygens (including phenoxy) is 1. The lowest BCUT2D eigenvalue weighted by Gasteiger charge is -2.28. The van der Waals surface area contributed by atoms with Gasteiger partial charge in [0.05, 0.1) is 12.6 Å². The molecule has 2 atom stereocenters. The van der Waals surface area contributed by atoms with Crippen LogP contribution in [0.5, 0.6) is 5.75 Å². The SMILES string of the molecule is Cc1nc2n(n1)CCN(C(=O)c1c(OCc3ccccc3)c(=O)ccn1C)CCCC(=O)N[C@H](Cc1c[nH]c3ccccc13)C(=O)N[C@H]2CC(C)C. The Morgan fingerprint density at radius 3 is 2.52 bits per heavy atom. The van der Waals surface area contributed by atoms with Crippen LogP contribution in [0.15, 0.2) is 77.9 Å². The number of hydrogen-bond donors (Lipinski definition) is 3. The van der Waals surface area contributed by atoms with E-state index in [-0.39, 0.29) is 68.3 Å². The number of H-pyrrole nitrogens is 1. The molecule has 0 bridgehead atoms. The van der Waals surface area contributed by atoms with Gasteiger partial charge in [-0.1, -0.05) is 62.4 Å². The van der Waals surface area contributed by atoms with Crippen molar-refractivity contribution in [2.45, 2.75) is 71.7 Å². The fourth-order valence-corrected chi connectivity index (χ4v) is 6.70. The Balaban J connectivity index is 1.32. The molecule has 4 heterocycles. The maximum Gasteiger partial charge on any atom is 0.274 e. The number of pyridine rings is 1. The molecule has 1 aliphatic heterocycles. The van der Waals surface area contributed by atoms with Gasteiger partial charge in [0, 0.05) is 62.3 Å². The number of nitrogens with zero attached hydrogens (tertiary/aromatic N) is 5. The average Bonchev–Trinajstić information content (AvgIpc) is 3.71. The minimum absolute atomic E-state index is 0.0341. The largest absolute Gasteiger partial charge is 0.483 e. The number of para-hydroxylation sites is 1. The molecule has 13 heteroatoms. The summed E-state index contributed by atoms with van der Waals surface area (Å²) < 4.78 is 9.36. The normalized spacial score (nSPS) is 17.4. The second kappa shape index (κ2) is 16.1. The lowest BCUT2D eigenvalue weighted by Crippen LogP contribution is -2.49. The molecule has 3 aromatic heterocycles. The van der Waals surface area contributed by atoms with Crippen LogP contribution in [0.4, 0.5) is 0 Å². The van der Waals surface area contributed by atoms with Gasteiger partial charge in [0.2, 0.25) is 17.2 Å². The van der Waals surface area contributed by atoms with E-state index in [2.05, 4.69) is 34.6 Å². The number of carbonyl (C=O) groups excluding carboxylic acids is 3. The summed E-state index contributed by atoms with van der Waals surface area (Å²) in [7, 11) is 1.70. The van der Waals surface area contributed by atoms with Crippen molar-refractivity contribution in [2.24, 2.45) is 13.0 Å². The number of benzene rings is 2. The van der Waals surface area contributed by atoms with Gasteiger partial charge >= 0.3 is 0 Å². The van der Waals surface area contributed by atoms with Crippen molar-refractivity contribution in [3.63, 3.8) is 0 Å². The summed E-state index contributed by atoms with van der Waals surface area (Å²) in [5.41, 5.74) is 2.43. The number of carbonyl (C=O) groups is 3. The summed E-state index contributed by atoms with van der Waals surface area (Å²) in [4.78, 5) is 64.7. The summed E-state index contributed by atoms with van der Waals surface area (Å²) in [6.45, 7) is 6.75. The zero-order valence-electron chi connectivity index (χ0n) is 30.1. The predicted molar refractivity (Wildman–Crippen MR) is 197 cm³/mol. The summed E-state index contributed by atoms with van der Waals surface area (Å²) in [5.74, 6) is 0.252. The first kappa shape index (κ1) is 36.1. The summed E-state index contributed by atoms with van der Waals surface area (Å²) in [6.07, 6.45) is 4.68. The molecule has 0 aliphatic carbocycles. The molecule has 2 aromatic carbocycles. The van der Waals surface area contributed by atoms with Gasteiger partial charge in [-0.25, -0.2) is 9.67 Å². The van der Waals surface area contributed by atoms with Crippen LogP contribution in [0, 0.1) is 12.8 Å². The van der Waals surface area contributed by atoms with Gasteiger partial charge in [-0.05, 0) is 42.9 Å². The highest BCUT2D eigenvalue weighted by atomic mass is 16.5. The quantitative estimate of drug-likeness (QED) is 0.218. The van der Waals surface area contributed by atoms with Gasteiger partial charge in [0.25, 0.3) is 5.91 Å². The van der Waals surface area contributed by atoms with Gasteiger partial charge in [0.1, 0.15) is 24.3 Å². The lowest BCUT2D eigenvalue weighted by molar-refractivity contribution is -0.129. The number of rotatable bonds is 8. The van der Waals surface area contributed by atoms with Crippen molar-refractivity contribution in [1.82, 2.24) is 39.8 Å². The molecule has 0 fully saturated rings. The maximum absolute atomic E-state index is 14.4. The Bertz CT molecular complexity index is 2100. The smallest absolute Gasteiger partial charge is 0.274 e. The average molecular weight is 707 g/mol. The number of aryl methyl sites for hydroxylation is 2. The molecule has 52 heavy (non-hydrogen) atoms. The molecule has 13 nitrogen and oxygen atoms in total. The summed E-state index contributed by atoms with van der Waals surface area (Å²) in [6, 6.07) is 17.3. The molecule has 0 radical (unpaired) electrons. The van der Waals surface area contributed by atoms with Gasteiger partial charge < -0.3 is 29.8 Å². The maximum atomic E-state index is 14.4. The fraction of sp³-hybridized carbons (Fsp3) is 0.385. The minimum Gasteiger partial charge on any atom is -0.483 e. The standard InChI is InChI=1S/C39H46N8O5/c1-25(2)21-31-37-41-26(3)44-47(37)20-19-46(39(51)35-36(33(48)16-18-45(35)4)52-24-27-11-6-5-7-12-27)17-10-15-34(49)42-32(38(50)43-31)22-28-23-40-30-14-9-8-13-29(28)30/h5-9,11-14,16,18,23,25,31-32,40H,10,15,17,19-22,24H2,1-4H3,(H,42,49)(H,43,50)/t31-,32+/m0/s1. The Morgan fingerprint density at radius 1 is 0.962 bits per heavy atom. The third kappa shape index (κ3) is 8.42. The first-order chi connectivity index (χ1) is 25.1. The molecular formula is C39H46N8O5. The molecule has 272 valence electrons. The van der Waals surface area contributed by atoms with Crippen molar-refractivity contribution in [3.8, 4) is 5.75 Å². The van der Waals surface area contributed by atoms with Crippen LogP contribution in [-0.2, 0) is 36.2 Å².